The Labute approximate surface area is 170 Å². The van der Waals surface area contributed by atoms with E-state index in [9.17, 15) is 4.79 Å². The van der Waals surface area contributed by atoms with Crippen LogP contribution in [0.15, 0.2) is 24.3 Å². The number of esters is 1. The maximum Gasteiger partial charge on any atom is 0.305 e. The molecule has 0 saturated carbocycles. The summed E-state index contributed by atoms with van der Waals surface area (Å²) in [6.07, 6.45) is 22.3. The minimum Gasteiger partial charge on any atom is -0.466 e. The van der Waals surface area contributed by atoms with Crippen LogP contribution < -0.4 is 0 Å². The topological polar surface area (TPSA) is 29.5 Å². The second kappa shape index (κ2) is 21.3. The Bertz CT molecular complexity index is 379. The van der Waals surface area contributed by atoms with Crippen LogP contribution in [0, 0.1) is 0 Å². The van der Waals surface area contributed by atoms with Crippen molar-refractivity contribution >= 4 is 13.8 Å². The molecule has 0 fully saturated rings. The zero-order valence-electron chi connectivity index (χ0n) is 18.4. The summed E-state index contributed by atoms with van der Waals surface area (Å²) >= 11 is 0. The number of nitrogens with zero attached hydrogens (tertiary/aromatic N) is 1. The number of ether oxygens (including phenoxy) is 1. The summed E-state index contributed by atoms with van der Waals surface area (Å²) in [5.74, 6) is -0.0297. The summed E-state index contributed by atoms with van der Waals surface area (Å²) in [5, 5.41) is 0. The third-order valence-electron chi connectivity index (χ3n) is 4.81. The molecule has 0 saturated heterocycles. The van der Waals surface area contributed by atoms with Crippen LogP contribution in [0.5, 0.6) is 0 Å². The van der Waals surface area contributed by atoms with Gasteiger partial charge < -0.3 is 9.64 Å². The second-order valence-corrected chi connectivity index (χ2v) is 7.22. The van der Waals surface area contributed by atoms with Crippen molar-refractivity contribution in [2.75, 3.05) is 26.2 Å². The standard InChI is InChI=1S/C23H44BNO2/c1-3-25(4-2)21-17-18-22-27-23(26)19-15-13-11-9-7-5-6-8-10-12-14-16-20-24/h7,9,12,14H,3-6,8,10-11,13,15-22,24H2,1-2H3/b9-7-,14-12-. The van der Waals surface area contributed by atoms with Gasteiger partial charge in [-0.25, -0.2) is 0 Å². The van der Waals surface area contributed by atoms with Crippen LogP contribution in [0.4, 0.5) is 0 Å². The molecule has 0 aromatic rings. The normalized spacial score (nSPS) is 11.8. The van der Waals surface area contributed by atoms with Gasteiger partial charge in [0.2, 0.25) is 0 Å². The second-order valence-electron chi connectivity index (χ2n) is 7.22. The smallest absolute Gasteiger partial charge is 0.305 e. The van der Waals surface area contributed by atoms with Crippen molar-refractivity contribution in [3.63, 3.8) is 0 Å². The molecule has 0 rings (SSSR count). The van der Waals surface area contributed by atoms with Crippen molar-refractivity contribution in [1.29, 1.82) is 0 Å². The zero-order chi connectivity index (χ0) is 20.0. The average molecular weight is 377 g/mol. The lowest BCUT2D eigenvalue weighted by molar-refractivity contribution is -0.143. The van der Waals surface area contributed by atoms with Gasteiger partial charge in [0, 0.05) is 6.42 Å². The van der Waals surface area contributed by atoms with E-state index in [1.807, 2.05) is 0 Å². The van der Waals surface area contributed by atoms with Crippen molar-refractivity contribution < 1.29 is 9.53 Å². The van der Waals surface area contributed by atoms with Crippen LogP contribution in [-0.2, 0) is 9.53 Å². The number of rotatable bonds is 19. The molecule has 0 aromatic carbocycles. The number of allylic oxidation sites excluding steroid dienone is 4. The zero-order valence-corrected chi connectivity index (χ0v) is 18.4. The monoisotopic (exact) mass is 377 g/mol. The summed E-state index contributed by atoms with van der Waals surface area (Å²) in [6.45, 7) is 8.25. The Hall–Kier alpha value is -1.03. The minimum atomic E-state index is -0.0297. The van der Waals surface area contributed by atoms with Crippen LogP contribution >= 0.6 is 0 Å². The first-order valence-corrected chi connectivity index (χ1v) is 11.4. The van der Waals surface area contributed by atoms with Crippen molar-refractivity contribution in [2.45, 2.75) is 90.8 Å². The van der Waals surface area contributed by atoms with Gasteiger partial charge in [0.15, 0.2) is 0 Å². The van der Waals surface area contributed by atoms with Gasteiger partial charge in [-0.3, -0.25) is 4.79 Å². The molecule has 0 aliphatic carbocycles. The third kappa shape index (κ3) is 19.5. The molecule has 0 unspecified atom stereocenters. The highest BCUT2D eigenvalue weighted by atomic mass is 16.5. The molecular formula is C23H44BNO2. The molecular weight excluding hydrogens is 333 g/mol. The van der Waals surface area contributed by atoms with Gasteiger partial charge in [-0.1, -0.05) is 44.5 Å². The highest BCUT2D eigenvalue weighted by molar-refractivity contribution is 6.08. The molecule has 156 valence electrons. The number of carbonyl (C=O) groups is 1. The largest absolute Gasteiger partial charge is 0.466 e. The van der Waals surface area contributed by atoms with E-state index in [2.05, 4.69) is 50.9 Å². The van der Waals surface area contributed by atoms with Gasteiger partial charge >= 0.3 is 5.97 Å². The summed E-state index contributed by atoms with van der Waals surface area (Å²) < 4.78 is 5.32. The molecule has 0 radical (unpaired) electrons. The first-order valence-electron chi connectivity index (χ1n) is 11.4. The fourth-order valence-corrected chi connectivity index (χ4v) is 2.93. The fraction of sp³-hybridized carbons (Fsp3) is 0.783. The minimum absolute atomic E-state index is 0.0297. The van der Waals surface area contributed by atoms with E-state index in [-0.39, 0.29) is 5.97 Å². The van der Waals surface area contributed by atoms with Crippen molar-refractivity contribution in [2.24, 2.45) is 0 Å². The third-order valence-corrected chi connectivity index (χ3v) is 4.81. The van der Waals surface area contributed by atoms with Crippen molar-refractivity contribution in [1.82, 2.24) is 4.90 Å². The maximum atomic E-state index is 11.7. The number of hydrogen-bond donors (Lipinski definition) is 0. The van der Waals surface area contributed by atoms with Gasteiger partial charge in [0.25, 0.3) is 0 Å². The summed E-state index contributed by atoms with van der Waals surface area (Å²) in [7, 11) is 2.22. The Morgan fingerprint density at radius 3 is 1.93 bits per heavy atom. The Balaban J connectivity index is 3.35. The van der Waals surface area contributed by atoms with Crippen LogP contribution in [0.3, 0.4) is 0 Å². The predicted octanol–water partition coefficient (Wildman–Crippen LogP) is 5.33. The predicted molar refractivity (Wildman–Crippen MR) is 121 cm³/mol. The lowest BCUT2D eigenvalue weighted by atomic mass is 10.0. The lowest BCUT2D eigenvalue weighted by Crippen LogP contribution is -2.24. The molecule has 0 aromatic heterocycles. The highest BCUT2D eigenvalue weighted by Crippen LogP contribution is 2.06. The Kier molecular flexibility index (Phi) is 20.5. The van der Waals surface area contributed by atoms with Crippen LogP contribution in [0.25, 0.3) is 0 Å². The van der Waals surface area contributed by atoms with E-state index in [0.29, 0.717) is 13.0 Å². The first-order chi connectivity index (χ1) is 13.2. The summed E-state index contributed by atoms with van der Waals surface area (Å²) in [6, 6.07) is 0. The quantitative estimate of drug-likeness (QED) is 0.132. The van der Waals surface area contributed by atoms with Gasteiger partial charge in [-0.05, 0) is 83.8 Å². The number of hydrogen-bond acceptors (Lipinski definition) is 3. The van der Waals surface area contributed by atoms with Gasteiger partial charge in [0.1, 0.15) is 7.85 Å². The van der Waals surface area contributed by atoms with E-state index in [0.717, 1.165) is 51.7 Å². The van der Waals surface area contributed by atoms with Crippen LogP contribution in [0.1, 0.15) is 84.5 Å². The molecule has 3 nitrogen and oxygen atoms in total. The number of unbranched alkanes of at least 4 members (excludes halogenated alkanes) is 6. The van der Waals surface area contributed by atoms with E-state index >= 15 is 0 Å². The van der Waals surface area contributed by atoms with Crippen molar-refractivity contribution in [3.05, 3.63) is 24.3 Å². The van der Waals surface area contributed by atoms with E-state index in [1.165, 1.54) is 38.4 Å². The number of carbonyl (C=O) groups excluding carboxylic acids is 1. The van der Waals surface area contributed by atoms with Crippen molar-refractivity contribution in [3.8, 4) is 0 Å². The van der Waals surface area contributed by atoms with Crippen LogP contribution in [-0.4, -0.2) is 45.0 Å². The summed E-state index contributed by atoms with van der Waals surface area (Å²) in [4.78, 5) is 14.1. The SMILES string of the molecule is BCC/C=C\CCCC/C=C\CCCCC(=O)OCCCCN(CC)CC. The molecule has 4 heteroatoms. The highest BCUT2D eigenvalue weighted by Gasteiger charge is 2.03. The first kappa shape index (κ1) is 26.0. The lowest BCUT2D eigenvalue weighted by Gasteiger charge is -2.17. The van der Waals surface area contributed by atoms with Gasteiger partial charge in [0.05, 0.1) is 6.61 Å². The maximum absolute atomic E-state index is 11.7. The molecule has 0 aliphatic heterocycles. The molecule has 0 amide bonds. The molecule has 0 N–H and O–H groups in total. The molecule has 0 atom stereocenters. The van der Waals surface area contributed by atoms with E-state index < -0.39 is 0 Å². The molecule has 0 bridgehead atoms. The molecule has 0 spiro atoms. The molecule has 0 heterocycles. The average Bonchev–Trinajstić information content (AvgIpc) is 2.68. The van der Waals surface area contributed by atoms with E-state index in [1.54, 1.807) is 0 Å². The molecule has 27 heavy (non-hydrogen) atoms. The fourth-order valence-electron chi connectivity index (χ4n) is 2.93. The molecule has 0 aliphatic rings. The van der Waals surface area contributed by atoms with E-state index in [4.69, 9.17) is 4.74 Å². The Morgan fingerprint density at radius 2 is 1.37 bits per heavy atom. The van der Waals surface area contributed by atoms with Gasteiger partial charge in [-0.2, -0.15) is 0 Å². The summed E-state index contributed by atoms with van der Waals surface area (Å²) in [5.41, 5.74) is 0. The Morgan fingerprint density at radius 1 is 0.815 bits per heavy atom. The van der Waals surface area contributed by atoms with Crippen LogP contribution in [0.2, 0.25) is 6.32 Å². The van der Waals surface area contributed by atoms with Gasteiger partial charge in [-0.15, -0.1) is 0 Å².